The van der Waals surface area contributed by atoms with Crippen molar-refractivity contribution in [2.75, 3.05) is 13.2 Å². The van der Waals surface area contributed by atoms with E-state index in [0.29, 0.717) is 0 Å². The van der Waals surface area contributed by atoms with Crippen molar-refractivity contribution in [3.05, 3.63) is 0 Å². The third-order valence-corrected chi connectivity index (χ3v) is 9.14. The molecule has 3 heterocycles. The van der Waals surface area contributed by atoms with Gasteiger partial charge in [-0.25, -0.2) is 13.2 Å². The molecule has 0 bridgehead atoms. The molecule has 0 aliphatic carbocycles. The average Bonchev–Trinajstić information content (AvgIpc) is 2.96. The molecule has 51 heavy (non-hydrogen) atoms. The van der Waals surface area contributed by atoms with E-state index in [1.54, 1.807) is 0 Å². The molecule has 33 heteroatoms. The largest absolute Gasteiger partial charge is 0.479 e. The van der Waals surface area contributed by atoms with Gasteiger partial charge in [-0.15, -0.1) is 0 Å². The zero-order valence-corrected chi connectivity index (χ0v) is 27.9. The first-order chi connectivity index (χ1) is 23.1. The van der Waals surface area contributed by atoms with Gasteiger partial charge in [-0.2, -0.15) is 43.1 Å². The summed E-state index contributed by atoms with van der Waals surface area (Å²) < 4.78 is 165. The minimum Gasteiger partial charge on any atom is -0.479 e. The lowest BCUT2D eigenvalue weighted by molar-refractivity contribution is -0.357. The fourth-order valence-electron chi connectivity index (χ4n) is 5.02. The molecular weight excluding hydrogens is 804 g/mol. The van der Waals surface area contributed by atoms with Crippen LogP contribution in [-0.2, 0) is 78.3 Å². The lowest BCUT2D eigenvalue weighted by Gasteiger charge is -2.48. The Morgan fingerprint density at radius 2 is 1.18 bits per heavy atom. The molecule has 3 fully saturated rings. The smallest absolute Gasteiger partial charge is 0.397 e. The summed E-state index contributed by atoms with van der Waals surface area (Å²) >= 11 is 0. The Hall–Kier alpha value is -1.49. The molecular formula is C18H32N2O27S4. The minimum atomic E-state index is -5.74. The number of carboxylic acid groups (broad SMARTS) is 1. The van der Waals surface area contributed by atoms with Crippen molar-refractivity contribution in [1.82, 2.24) is 9.44 Å². The van der Waals surface area contributed by atoms with Gasteiger partial charge in [-0.1, -0.05) is 0 Å². The topological polar surface area (TPSA) is 465 Å². The van der Waals surface area contributed by atoms with Crippen molar-refractivity contribution >= 4 is 47.4 Å². The van der Waals surface area contributed by atoms with Crippen LogP contribution in [0.1, 0.15) is 0 Å². The molecule has 0 unspecified atom stereocenters. The van der Waals surface area contributed by atoms with Crippen LogP contribution < -0.4 is 9.44 Å². The maximum absolute atomic E-state index is 12.3. The quantitative estimate of drug-likeness (QED) is 0.0681. The Kier molecular flexibility index (Phi) is 14.2. The van der Waals surface area contributed by atoms with Crippen molar-refractivity contribution in [1.29, 1.82) is 0 Å². The Morgan fingerprint density at radius 1 is 0.627 bits per heavy atom. The number of ether oxygens (including phenoxy) is 5. The lowest BCUT2D eigenvalue weighted by atomic mass is 9.95. The molecule has 3 saturated heterocycles. The molecule has 0 aromatic carbocycles. The number of aliphatic hydroxyl groups is 6. The van der Waals surface area contributed by atoms with Gasteiger partial charge in [0, 0.05) is 0 Å². The number of aliphatic carboxylic acids is 1. The van der Waals surface area contributed by atoms with Gasteiger partial charge in [0.15, 0.2) is 31.1 Å². The van der Waals surface area contributed by atoms with Crippen molar-refractivity contribution in [3.8, 4) is 0 Å². The van der Waals surface area contributed by atoms with E-state index < -0.39 is 153 Å². The van der Waals surface area contributed by atoms with E-state index in [0.717, 1.165) is 0 Å². The highest BCUT2D eigenvalue weighted by molar-refractivity contribution is 7.84. The Bertz CT molecular complexity index is 1660. The van der Waals surface area contributed by atoms with Crippen LogP contribution in [0.2, 0.25) is 0 Å². The van der Waals surface area contributed by atoms with Crippen LogP contribution in [0.4, 0.5) is 0 Å². The van der Waals surface area contributed by atoms with Gasteiger partial charge in [0.25, 0.3) is 0 Å². The van der Waals surface area contributed by atoms with Gasteiger partial charge in [-0.05, 0) is 0 Å². The molecule has 300 valence electrons. The van der Waals surface area contributed by atoms with Gasteiger partial charge < -0.3 is 59.4 Å². The van der Waals surface area contributed by atoms with Gasteiger partial charge >= 0.3 is 47.4 Å². The van der Waals surface area contributed by atoms with Crippen LogP contribution in [-0.4, -0.2) is 199 Å². The molecule has 3 aliphatic heterocycles. The first-order valence-electron chi connectivity index (χ1n) is 13.4. The van der Waals surface area contributed by atoms with Crippen LogP contribution in [0.3, 0.4) is 0 Å². The number of carboxylic acids is 1. The Labute approximate surface area is 286 Å². The minimum absolute atomic E-state index is 1.19. The van der Waals surface area contributed by atoms with Gasteiger partial charge in [0.1, 0.15) is 60.9 Å². The maximum Gasteiger partial charge on any atom is 0.397 e. The molecule has 0 amide bonds. The highest BCUT2D eigenvalue weighted by Gasteiger charge is 2.57. The van der Waals surface area contributed by atoms with Crippen molar-refractivity contribution < 1.29 is 124 Å². The summed E-state index contributed by atoms with van der Waals surface area (Å²) in [5.74, 6) is -2.15. The number of nitrogens with one attached hydrogen (secondary N) is 2. The van der Waals surface area contributed by atoms with E-state index >= 15 is 0 Å². The monoisotopic (exact) mass is 836 g/mol. The van der Waals surface area contributed by atoms with Crippen LogP contribution >= 0.6 is 0 Å². The second-order valence-electron chi connectivity index (χ2n) is 10.7. The second-order valence-corrected chi connectivity index (χ2v) is 15.2. The van der Waals surface area contributed by atoms with E-state index in [1.165, 1.54) is 9.44 Å². The van der Waals surface area contributed by atoms with Gasteiger partial charge in [-0.3, -0.25) is 18.2 Å². The molecule has 15 atom stereocenters. The molecule has 13 N–H and O–H groups in total. The Morgan fingerprint density at radius 3 is 1.67 bits per heavy atom. The highest BCUT2D eigenvalue weighted by Crippen LogP contribution is 2.34. The summed E-state index contributed by atoms with van der Waals surface area (Å²) in [4.78, 5) is 12.3. The molecule has 0 aromatic heterocycles. The summed E-state index contributed by atoms with van der Waals surface area (Å²) in [5, 5.41) is 72.4. The third-order valence-electron chi connectivity index (χ3n) is 7.10. The standard InChI is InChI=1S/C18H32N2O27S4/c21-1-3-11(9(24)5(16(28)42-3)19-48(29,30)31)44-18-13(47-51(38,39)40)10(25)12(14(46-18)15(26)27)45-17-6(20-49(32,33)34)8(23)7(22)4(43-17)2-41-50(35,36)37/h3-14,16-25,28H,1-2H2,(H,26,27)(H,29,30,31)(H,32,33,34)(H,35,36,37)(H,38,39,40)/t3-,4-,5-,6-,7-,8-,9-,10+,11-,12+,13-,14+,16+,17-,18-/m1/s1. The number of rotatable bonds is 15. The maximum atomic E-state index is 12.3. The van der Waals surface area contributed by atoms with E-state index in [4.69, 9.17) is 32.8 Å². The number of carbonyl (C=O) groups is 1. The van der Waals surface area contributed by atoms with Crippen LogP contribution in [0.25, 0.3) is 0 Å². The zero-order chi connectivity index (χ0) is 39.0. The highest BCUT2D eigenvalue weighted by atomic mass is 32.3. The van der Waals surface area contributed by atoms with E-state index in [9.17, 15) is 83.3 Å². The summed E-state index contributed by atoms with van der Waals surface area (Å²) in [6.45, 7) is -2.55. The summed E-state index contributed by atoms with van der Waals surface area (Å²) in [6.07, 6.45) is -31.8. The van der Waals surface area contributed by atoms with E-state index in [2.05, 4.69) is 8.37 Å². The van der Waals surface area contributed by atoms with Crippen molar-refractivity contribution in [2.45, 2.75) is 92.0 Å². The van der Waals surface area contributed by atoms with Crippen molar-refractivity contribution in [3.63, 3.8) is 0 Å². The average molecular weight is 837 g/mol. The molecule has 3 aliphatic rings. The fraction of sp³-hybridized carbons (Fsp3) is 0.944. The molecule has 0 saturated carbocycles. The number of hydrogen-bond donors (Lipinski definition) is 13. The SMILES string of the molecule is O=C(O)[C@H]1O[C@@H](O[C@H]2[C@H](O)[C@@H](NS(=O)(=O)O)[C@@H](O)O[C@@H]2CO)[C@H](OS(=O)(=O)O)[C@@H](O)[C@@H]1O[C@H]1O[C@H](COS(=O)(=O)O)[C@@H](O)[C@H](O)[C@H]1NS(=O)(=O)O. The van der Waals surface area contributed by atoms with Crippen LogP contribution in [0.5, 0.6) is 0 Å². The summed E-state index contributed by atoms with van der Waals surface area (Å²) in [7, 11) is -21.6. The molecule has 29 nitrogen and oxygen atoms in total. The molecule has 0 aromatic rings. The van der Waals surface area contributed by atoms with Gasteiger partial charge in [0.2, 0.25) is 0 Å². The predicted molar refractivity (Wildman–Crippen MR) is 148 cm³/mol. The first kappa shape index (κ1) is 43.9. The van der Waals surface area contributed by atoms with E-state index in [-0.39, 0.29) is 0 Å². The normalized spacial score (nSPS) is 40.2. The predicted octanol–water partition coefficient (Wildman–Crippen LogP) is -9.03. The van der Waals surface area contributed by atoms with Crippen LogP contribution in [0, 0.1) is 0 Å². The second kappa shape index (κ2) is 16.5. The molecule has 0 spiro atoms. The fourth-order valence-corrected chi connectivity index (χ4v) is 7.01. The zero-order valence-electron chi connectivity index (χ0n) is 24.7. The first-order valence-corrected chi connectivity index (χ1v) is 19.0. The molecule has 3 rings (SSSR count). The summed E-state index contributed by atoms with van der Waals surface area (Å²) in [6, 6.07) is -4.61. The Balaban J connectivity index is 2.03. The van der Waals surface area contributed by atoms with E-state index in [1.807, 2.05) is 0 Å². The number of hydrogen-bond acceptors (Lipinski definition) is 22. The third kappa shape index (κ3) is 12.0. The van der Waals surface area contributed by atoms with Gasteiger partial charge in [0.05, 0.1) is 13.2 Å². The van der Waals surface area contributed by atoms with Crippen molar-refractivity contribution in [2.24, 2.45) is 0 Å². The lowest BCUT2D eigenvalue weighted by Crippen LogP contribution is -2.69. The molecule has 0 radical (unpaired) electrons. The number of aliphatic hydroxyl groups excluding tert-OH is 6. The summed E-state index contributed by atoms with van der Waals surface area (Å²) in [5.41, 5.74) is 0. The van der Waals surface area contributed by atoms with Crippen LogP contribution in [0.15, 0.2) is 0 Å².